The highest BCUT2D eigenvalue weighted by molar-refractivity contribution is 6.07. The first-order valence-corrected chi connectivity index (χ1v) is 5.75. The average molecular weight is 227 g/mol. The molecule has 1 fully saturated rings. The molecule has 1 saturated heterocycles. The van der Waals surface area contributed by atoms with Crippen LogP contribution in [0.3, 0.4) is 0 Å². The quantitative estimate of drug-likeness (QED) is 0.698. The number of rotatable bonds is 0. The minimum atomic E-state index is -0.572. The van der Waals surface area contributed by atoms with Gasteiger partial charge in [-0.25, -0.2) is 0 Å². The summed E-state index contributed by atoms with van der Waals surface area (Å²) in [6.45, 7) is 1.97. The van der Waals surface area contributed by atoms with Crippen LogP contribution < -0.4 is 10.6 Å². The summed E-state index contributed by atoms with van der Waals surface area (Å²) in [7, 11) is 0. The zero-order chi connectivity index (χ0) is 12.0. The van der Waals surface area contributed by atoms with E-state index < -0.39 is 5.41 Å². The highest BCUT2D eigenvalue weighted by atomic mass is 16.2. The van der Waals surface area contributed by atoms with E-state index in [0.717, 1.165) is 11.3 Å². The van der Waals surface area contributed by atoms with Gasteiger partial charge in [0.05, 0.1) is 17.5 Å². The Labute approximate surface area is 99.6 Å². The van der Waals surface area contributed by atoms with Crippen LogP contribution in [0.1, 0.15) is 18.9 Å². The third-order valence-corrected chi connectivity index (χ3v) is 3.93. The summed E-state index contributed by atoms with van der Waals surface area (Å²) in [5.41, 5.74) is 1.32. The molecule has 0 bridgehead atoms. The van der Waals surface area contributed by atoms with E-state index in [0.29, 0.717) is 6.42 Å². The minimum Gasteiger partial charge on any atom is -0.325 e. The minimum absolute atomic E-state index is 0.0106. The molecule has 1 spiro atoms. The summed E-state index contributed by atoms with van der Waals surface area (Å²) < 4.78 is 0. The molecular formula is C13H13N3O. The Morgan fingerprint density at radius 3 is 2.94 bits per heavy atom. The van der Waals surface area contributed by atoms with Crippen LogP contribution in [0.2, 0.25) is 0 Å². The Morgan fingerprint density at radius 2 is 2.24 bits per heavy atom. The Kier molecular flexibility index (Phi) is 2.01. The summed E-state index contributed by atoms with van der Waals surface area (Å²) >= 11 is 0. The molecule has 0 aliphatic carbocycles. The molecule has 17 heavy (non-hydrogen) atoms. The van der Waals surface area contributed by atoms with E-state index in [1.807, 2.05) is 31.2 Å². The van der Waals surface area contributed by atoms with Gasteiger partial charge in [-0.2, -0.15) is 5.26 Å². The SMILES string of the molecule is CC1N[C@H](C#N)C[C@]12C(=O)Nc1ccccc12. The molecule has 4 heteroatoms. The molecule has 86 valence electrons. The first-order chi connectivity index (χ1) is 8.18. The van der Waals surface area contributed by atoms with E-state index in [1.165, 1.54) is 0 Å². The van der Waals surface area contributed by atoms with Crippen molar-refractivity contribution in [2.24, 2.45) is 0 Å². The molecule has 0 saturated carbocycles. The van der Waals surface area contributed by atoms with Crippen molar-refractivity contribution in [2.75, 3.05) is 5.32 Å². The zero-order valence-electron chi connectivity index (χ0n) is 9.53. The first kappa shape index (κ1) is 10.3. The van der Waals surface area contributed by atoms with Gasteiger partial charge in [-0.3, -0.25) is 10.1 Å². The lowest BCUT2D eigenvalue weighted by Crippen LogP contribution is -2.43. The summed E-state index contributed by atoms with van der Waals surface area (Å²) in [6, 6.07) is 9.68. The second kappa shape index (κ2) is 3.31. The lowest BCUT2D eigenvalue weighted by molar-refractivity contribution is -0.121. The van der Waals surface area contributed by atoms with Crippen molar-refractivity contribution in [3.8, 4) is 6.07 Å². The Bertz CT molecular complexity index is 534. The average Bonchev–Trinajstić information content (AvgIpc) is 2.81. The normalized spacial score (nSPS) is 34.5. The van der Waals surface area contributed by atoms with Crippen molar-refractivity contribution in [3.05, 3.63) is 29.8 Å². The molecule has 2 heterocycles. The molecule has 1 aromatic carbocycles. The van der Waals surface area contributed by atoms with Crippen LogP contribution in [0.15, 0.2) is 24.3 Å². The van der Waals surface area contributed by atoms with E-state index in [1.54, 1.807) is 0 Å². The number of nitrogens with one attached hydrogen (secondary N) is 2. The zero-order valence-corrected chi connectivity index (χ0v) is 9.53. The summed E-state index contributed by atoms with van der Waals surface area (Å²) in [5.74, 6) is 0.0106. The van der Waals surface area contributed by atoms with Crippen LogP contribution in [0.5, 0.6) is 0 Å². The lowest BCUT2D eigenvalue weighted by Gasteiger charge is -2.25. The standard InChI is InChI=1S/C13H13N3O/c1-8-13(6-9(7-14)15-8)10-4-2-3-5-11(10)16-12(13)17/h2-5,8-9,15H,6H2,1H3,(H,16,17)/t8?,9-,13-/m0/s1. The molecule has 1 amide bonds. The molecule has 4 nitrogen and oxygen atoms in total. The van der Waals surface area contributed by atoms with Crippen LogP contribution in [0.25, 0.3) is 0 Å². The topological polar surface area (TPSA) is 64.9 Å². The molecule has 2 aliphatic rings. The molecule has 3 rings (SSSR count). The van der Waals surface area contributed by atoms with Crippen LogP contribution in [0, 0.1) is 11.3 Å². The van der Waals surface area contributed by atoms with Gasteiger partial charge >= 0.3 is 0 Å². The number of anilines is 1. The number of amides is 1. The van der Waals surface area contributed by atoms with Gasteiger partial charge in [0, 0.05) is 11.7 Å². The van der Waals surface area contributed by atoms with Crippen molar-refractivity contribution in [2.45, 2.75) is 30.8 Å². The maximum absolute atomic E-state index is 12.3. The Balaban J connectivity index is 2.15. The van der Waals surface area contributed by atoms with Gasteiger partial charge in [-0.1, -0.05) is 18.2 Å². The number of nitrogens with zero attached hydrogens (tertiary/aromatic N) is 1. The van der Waals surface area contributed by atoms with E-state index in [9.17, 15) is 4.79 Å². The number of hydrogen-bond donors (Lipinski definition) is 2. The molecule has 1 unspecified atom stereocenters. The smallest absolute Gasteiger partial charge is 0.236 e. The predicted molar refractivity (Wildman–Crippen MR) is 63.4 cm³/mol. The maximum atomic E-state index is 12.3. The molecule has 2 aliphatic heterocycles. The van der Waals surface area contributed by atoms with Gasteiger partial charge in [0.15, 0.2) is 0 Å². The van der Waals surface area contributed by atoms with Crippen LogP contribution in [-0.2, 0) is 10.2 Å². The molecule has 0 radical (unpaired) electrons. The highest BCUT2D eigenvalue weighted by Gasteiger charge is 2.55. The molecule has 2 N–H and O–H groups in total. The number of para-hydroxylation sites is 1. The van der Waals surface area contributed by atoms with Gasteiger partial charge in [0.25, 0.3) is 0 Å². The fourth-order valence-corrected chi connectivity index (χ4v) is 3.05. The number of nitriles is 1. The maximum Gasteiger partial charge on any atom is 0.236 e. The second-order valence-corrected chi connectivity index (χ2v) is 4.75. The van der Waals surface area contributed by atoms with Crippen LogP contribution in [0.4, 0.5) is 5.69 Å². The van der Waals surface area contributed by atoms with Crippen LogP contribution >= 0.6 is 0 Å². The van der Waals surface area contributed by atoms with Crippen molar-refractivity contribution >= 4 is 11.6 Å². The molecule has 1 aromatic rings. The van der Waals surface area contributed by atoms with Crippen LogP contribution in [-0.4, -0.2) is 18.0 Å². The number of fused-ring (bicyclic) bond motifs is 2. The van der Waals surface area contributed by atoms with Gasteiger partial charge in [0.1, 0.15) is 0 Å². The molecule has 0 aromatic heterocycles. The third-order valence-electron chi connectivity index (χ3n) is 3.93. The summed E-state index contributed by atoms with van der Waals surface area (Å²) in [4.78, 5) is 12.3. The monoisotopic (exact) mass is 227 g/mol. The fraction of sp³-hybridized carbons (Fsp3) is 0.385. The largest absolute Gasteiger partial charge is 0.325 e. The van der Waals surface area contributed by atoms with Crippen molar-refractivity contribution in [1.29, 1.82) is 5.26 Å². The van der Waals surface area contributed by atoms with Gasteiger partial charge < -0.3 is 5.32 Å². The second-order valence-electron chi connectivity index (χ2n) is 4.75. The lowest BCUT2D eigenvalue weighted by atomic mass is 9.75. The van der Waals surface area contributed by atoms with Crippen molar-refractivity contribution in [3.63, 3.8) is 0 Å². The van der Waals surface area contributed by atoms with E-state index in [-0.39, 0.29) is 18.0 Å². The Morgan fingerprint density at radius 1 is 1.47 bits per heavy atom. The van der Waals surface area contributed by atoms with Crippen molar-refractivity contribution in [1.82, 2.24) is 5.32 Å². The molecular weight excluding hydrogens is 214 g/mol. The number of benzene rings is 1. The van der Waals surface area contributed by atoms with Gasteiger partial charge in [-0.05, 0) is 25.0 Å². The van der Waals surface area contributed by atoms with E-state index in [4.69, 9.17) is 5.26 Å². The number of carbonyl (C=O) groups excluding carboxylic acids is 1. The fourth-order valence-electron chi connectivity index (χ4n) is 3.05. The number of hydrogen-bond acceptors (Lipinski definition) is 3. The third kappa shape index (κ3) is 1.17. The highest BCUT2D eigenvalue weighted by Crippen LogP contribution is 2.46. The Hall–Kier alpha value is -1.86. The van der Waals surface area contributed by atoms with Crippen molar-refractivity contribution < 1.29 is 4.79 Å². The number of carbonyl (C=O) groups is 1. The van der Waals surface area contributed by atoms with Gasteiger partial charge in [0.2, 0.25) is 5.91 Å². The van der Waals surface area contributed by atoms with E-state index in [2.05, 4.69) is 16.7 Å². The summed E-state index contributed by atoms with van der Waals surface area (Å²) in [6.07, 6.45) is 0.549. The predicted octanol–water partition coefficient (Wildman–Crippen LogP) is 1.15. The van der Waals surface area contributed by atoms with Gasteiger partial charge in [-0.15, -0.1) is 0 Å². The molecule has 3 atom stereocenters. The summed E-state index contributed by atoms with van der Waals surface area (Å²) in [5, 5.41) is 15.1. The van der Waals surface area contributed by atoms with E-state index >= 15 is 0 Å². The first-order valence-electron chi connectivity index (χ1n) is 5.75.